The lowest BCUT2D eigenvalue weighted by Crippen LogP contribution is -2.28. The molecule has 1 atom stereocenters. The van der Waals surface area contributed by atoms with Crippen LogP contribution in [0.2, 0.25) is 0 Å². The van der Waals surface area contributed by atoms with Crippen molar-refractivity contribution >= 4 is 23.3 Å². The highest BCUT2D eigenvalue weighted by atomic mass is 16.6. The summed E-state index contributed by atoms with van der Waals surface area (Å²) in [7, 11) is 2.68. The minimum absolute atomic E-state index is 0.116. The molecule has 1 N–H and O–H groups in total. The average Bonchev–Trinajstić information content (AvgIpc) is 2.81. The number of hydrogen-bond donors (Lipinski definition) is 1. The van der Waals surface area contributed by atoms with E-state index in [-0.39, 0.29) is 28.9 Å². The second kappa shape index (κ2) is 8.14. The van der Waals surface area contributed by atoms with Crippen LogP contribution in [0, 0.1) is 0 Å². The van der Waals surface area contributed by atoms with Crippen molar-refractivity contribution in [3.8, 4) is 17.2 Å². The van der Waals surface area contributed by atoms with E-state index in [9.17, 15) is 19.5 Å². The fourth-order valence-corrected chi connectivity index (χ4v) is 3.84. The van der Waals surface area contributed by atoms with Crippen molar-refractivity contribution in [2.45, 2.75) is 12.3 Å². The average molecular weight is 424 g/mol. The number of ether oxygens (including phenoxy) is 4. The van der Waals surface area contributed by atoms with Gasteiger partial charge in [-0.05, 0) is 17.7 Å². The third kappa shape index (κ3) is 3.50. The van der Waals surface area contributed by atoms with E-state index in [0.717, 1.165) is 0 Å². The summed E-state index contributed by atoms with van der Waals surface area (Å²) in [6, 6.07) is 9.50. The van der Waals surface area contributed by atoms with Gasteiger partial charge in [-0.1, -0.05) is 24.3 Å². The SMILES string of the molecule is COC(=O)C[C@H](C1=C(O)c2ccccc2C(=O)C1=O)c1cc(OC)c2c(c1)OCCO2. The molecule has 0 unspecified atom stereocenters. The van der Waals surface area contributed by atoms with Gasteiger partial charge in [-0.15, -0.1) is 0 Å². The first-order valence-electron chi connectivity index (χ1n) is 9.62. The molecule has 1 aliphatic heterocycles. The van der Waals surface area contributed by atoms with Crippen LogP contribution in [-0.4, -0.2) is 50.1 Å². The van der Waals surface area contributed by atoms with Gasteiger partial charge in [0.2, 0.25) is 17.3 Å². The number of Topliss-reactive ketones (excluding diaryl/α,β-unsaturated/α-hetero) is 2. The summed E-state index contributed by atoms with van der Waals surface area (Å²) in [6.45, 7) is 0.671. The predicted octanol–water partition coefficient (Wildman–Crippen LogP) is 2.85. The molecule has 2 aliphatic rings. The summed E-state index contributed by atoms with van der Waals surface area (Å²) >= 11 is 0. The Hall–Kier alpha value is -3.81. The summed E-state index contributed by atoms with van der Waals surface area (Å²) < 4.78 is 21.5. The second-order valence-corrected chi connectivity index (χ2v) is 7.05. The third-order valence-electron chi connectivity index (χ3n) is 5.33. The molecule has 0 amide bonds. The van der Waals surface area contributed by atoms with E-state index in [1.807, 2.05) is 0 Å². The summed E-state index contributed by atoms with van der Waals surface area (Å²) in [4.78, 5) is 38.0. The Labute approximate surface area is 178 Å². The molecule has 2 aromatic carbocycles. The molecule has 160 valence electrons. The largest absolute Gasteiger partial charge is 0.507 e. The third-order valence-corrected chi connectivity index (χ3v) is 5.33. The summed E-state index contributed by atoms with van der Waals surface area (Å²) in [5.74, 6) is -2.42. The highest BCUT2D eigenvalue weighted by Gasteiger charge is 2.39. The molecule has 0 radical (unpaired) electrons. The van der Waals surface area contributed by atoms with Gasteiger partial charge in [0.25, 0.3) is 0 Å². The van der Waals surface area contributed by atoms with Crippen LogP contribution in [0.3, 0.4) is 0 Å². The maximum Gasteiger partial charge on any atom is 0.306 e. The smallest absolute Gasteiger partial charge is 0.306 e. The Kier molecular flexibility index (Phi) is 5.37. The number of carbonyl (C=O) groups is 3. The minimum atomic E-state index is -0.970. The van der Waals surface area contributed by atoms with Crippen molar-refractivity contribution < 1.29 is 38.4 Å². The Morgan fingerprint density at radius 2 is 1.77 bits per heavy atom. The number of carbonyl (C=O) groups excluding carboxylic acids is 3. The van der Waals surface area contributed by atoms with E-state index in [0.29, 0.717) is 36.0 Å². The number of methoxy groups -OCH3 is 2. The number of esters is 1. The van der Waals surface area contributed by atoms with Gasteiger partial charge < -0.3 is 24.1 Å². The molecule has 0 saturated carbocycles. The zero-order valence-electron chi connectivity index (χ0n) is 17.0. The predicted molar refractivity (Wildman–Crippen MR) is 109 cm³/mol. The topological polar surface area (TPSA) is 108 Å². The lowest BCUT2D eigenvalue weighted by atomic mass is 9.78. The molecule has 0 spiro atoms. The molecule has 0 saturated heterocycles. The summed E-state index contributed by atoms with van der Waals surface area (Å²) in [5.41, 5.74) is 0.619. The minimum Gasteiger partial charge on any atom is -0.507 e. The number of rotatable bonds is 5. The van der Waals surface area contributed by atoms with Crippen molar-refractivity contribution in [2.24, 2.45) is 0 Å². The van der Waals surface area contributed by atoms with E-state index < -0.39 is 23.5 Å². The Balaban J connectivity index is 1.92. The van der Waals surface area contributed by atoms with Gasteiger partial charge in [0, 0.05) is 17.0 Å². The molecule has 4 rings (SSSR count). The summed E-state index contributed by atoms with van der Waals surface area (Å²) in [5, 5.41) is 11.0. The van der Waals surface area contributed by atoms with Crippen LogP contribution in [0.5, 0.6) is 17.2 Å². The van der Waals surface area contributed by atoms with Gasteiger partial charge in [0.15, 0.2) is 11.5 Å². The monoisotopic (exact) mass is 424 g/mol. The van der Waals surface area contributed by atoms with E-state index in [2.05, 4.69) is 0 Å². The lowest BCUT2D eigenvalue weighted by Gasteiger charge is -2.27. The number of aliphatic hydroxyl groups excluding tert-OH is 1. The molecule has 0 bridgehead atoms. The molecule has 1 aliphatic carbocycles. The molecular weight excluding hydrogens is 404 g/mol. The zero-order valence-corrected chi connectivity index (χ0v) is 17.0. The molecule has 2 aromatic rings. The number of allylic oxidation sites excluding steroid dienone is 1. The van der Waals surface area contributed by atoms with Crippen LogP contribution < -0.4 is 14.2 Å². The normalized spacial score (nSPS) is 15.9. The maximum absolute atomic E-state index is 13.0. The van der Waals surface area contributed by atoms with Gasteiger partial charge in [0.1, 0.15) is 19.0 Å². The highest BCUT2D eigenvalue weighted by Crippen LogP contribution is 2.45. The first-order valence-corrected chi connectivity index (χ1v) is 9.62. The van der Waals surface area contributed by atoms with E-state index in [1.54, 1.807) is 30.3 Å². The van der Waals surface area contributed by atoms with Crippen molar-refractivity contribution in [1.82, 2.24) is 0 Å². The fraction of sp³-hybridized carbons (Fsp3) is 0.261. The number of hydrogen-bond acceptors (Lipinski definition) is 8. The number of ketones is 2. The highest BCUT2D eigenvalue weighted by molar-refractivity contribution is 6.52. The van der Waals surface area contributed by atoms with E-state index >= 15 is 0 Å². The van der Waals surface area contributed by atoms with Crippen molar-refractivity contribution in [3.05, 3.63) is 58.7 Å². The standard InChI is InChI=1S/C23H20O8/c1-28-16-9-12(10-17-23(16)31-8-7-30-17)15(11-18(24)29-2)19-20(25)13-5-3-4-6-14(13)21(26)22(19)27/h3-6,9-10,15,25H,7-8,11H2,1-2H3/t15-/m0/s1. The quantitative estimate of drug-likeness (QED) is 0.577. The van der Waals surface area contributed by atoms with Crippen LogP contribution in [0.4, 0.5) is 0 Å². The number of fused-ring (bicyclic) bond motifs is 2. The molecule has 0 fully saturated rings. The molecular formula is C23H20O8. The first kappa shape index (κ1) is 20.5. The fourth-order valence-electron chi connectivity index (χ4n) is 3.84. The lowest BCUT2D eigenvalue weighted by molar-refractivity contribution is -0.140. The van der Waals surface area contributed by atoms with Crippen LogP contribution in [0.1, 0.15) is 33.8 Å². The summed E-state index contributed by atoms with van der Waals surface area (Å²) in [6.07, 6.45) is -0.278. The van der Waals surface area contributed by atoms with E-state index in [4.69, 9.17) is 18.9 Å². The van der Waals surface area contributed by atoms with Gasteiger partial charge in [-0.25, -0.2) is 0 Å². The molecule has 0 aromatic heterocycles. The Bertz CT molecular complexity index is 1100. The van der Waals surface area contributed by atoms with Gasteiger partial charge >= 0.3 is 5.97 Å². The second-order valence-electron chi connectivity index (χ2n) is 7.05. The number of benzene rings is 2. The maximum atomic E-state index is 13.0. The molecule has 1 heterocycles. The van der Waals surface area contributed by atoms with Crippen molar-refractivity contribution in [1.29, 1.82) is 0 Å². The number of aliphatic hydroxyl groups is 1. The van der Waals surface area contributed by atoms with Crippen molar-refractivity contribution in [2.75, 3.05) is 27.4 Å². The Morgan fingerprint density at radius 3 is 2.48 bits per heavy atom. The molecule has 8 nitrogen and oxygen atoms in total. The molecule has 8 heteroatoms. The zero-order chi connectivity index (χ0) is 22.1. The molecule has 31 heavy (non-hydrogen) atoms. The van der Waals surface area contributed by atoms with Gasteiger partial charge in [-0.2, -0.15) is 0 Å². The Morgan fingerprint density at radius 1 is 1.06 bits per heavy atom. The van der Waals surface area contributed by atoms with Crippen LogP contribution >= 0.6 is 0 Å². The van der Waals surface area contributed by atoms with E-state index in [1.165, 1.54) is 20.3 Å². The van der Waals surface area contributed by atoms with Crippen LogP contribution in [0.25, 0.3) is 5.76 Å². The first-order chi connectivity index (χ1) is 15.0. The van der Waals surface area contributed by atoms with Gasteiger partial charge in [-0.3, -0.25) is 14.4 Å². The van der Waals surface area contributed by atoms with Gasteiger partial charge in [0.05, 0.1) is 26.2 Å². The van der Waals surface area contributed by atoms with Crippen LogP contribution in [-0.2, 0) is 14.3 Å². The van der Waals surface area contributed by atoms with Crippen LogP contribution in [0.15, 0.2) is 42.0 Å². The van der Waals surface area contributed by atoms with Crippen molar-refractivity contribution in [3.63, 3.8) is 0 Å².